The van der Waals surface area contributed by atoms with Crippen LogP contribution in [0.4, 0.5) is 4.39 Å². The zero-order chi connectivity index (χ0) is 23.5. The third-order valence-electron chi connectivity index (χ3n) is 5.92. The molecular weight excluding hydrogens is 431 g/mol. The number of ether oxygens (including phenoxy) is 1. The van der Waals surface area contributed by atoms with E-state index >= 15 is 0 Å². The van der Waals surface area contributed by atoms with Crippen LogP contribution in [0.2, 0.25) is 0 Å². The molecule has 0 fully saturated rings. The summed E-state index contributed by atoms with van der Waals surface area (Å²) in [4.78, 5) is 21.9. The normalized spacial score (nSPS) is 16.6. The van der Waals surface area contributed by atoms with Crippen molar-refractivity contribution in [2.45, 2.75) is 12.0 Å². The molecule has 0 saturated carbocycles. The molecule has 0 unspecified atom stereocenters. The largest absolute Gasteiger partial charge is 0.491 e. The lowest BCUT2D eigenvalue weighted by molar-refractivity contribution is 0.0883. The van der Waals surface area contributed by atoms with Gasteiger partial charge in [-0.2, -0.15) is 5.26 Å². The van der Waals surface area contributed by atoms with Crippen LogP contribution in [-0.4, -0.2) is 22.5 Å². The van der Waals surface area contributed by atoms with Crippen molar-refractivity contribution in [1.82, 2.24) is 15.3 Å². The number of nitriles is 1. The Balaban J connectivity index is 1.57. The molecule has 1 aliphatic heterocycles. The third kappa shape index (κ3) is 3.86. The van der Waals surface area contributed by atoms with Crippen LogP contribution in [0.15, 0.2) is 85.3 Å². The Bertz CT molecular complexity index is 1400. The summed E-state index contributed by atoms with van der Waals surface area (Å²) in [5.74, 6) is -0.147. The number of nitrogens with zero attached hydrogens (tertiary/aromatic N) is 3. The van der Waals surface area contributed by atoms with Gasteiger partial charge in [-0.05, 0) is 53.6 Å². The van der Waals surface area contributed by atoms with Gasteiger partial charge in [0.15, 0.2) is 0 Å². The SMILES string of the molecule is N#Cc1cncc(-c2ccc([C@@]3(NC(=O)c4ccc(F)cc4)CCOc4cccnc43)cc2)c1. The molecule has 0 aliphatic carbocycles. The van der Waals surface area contributed by atoms with E-state index in [1.807, 2.05) is 30.3 Å². The molecule has 1 aliphatic rings. The van der Waals surface area contributed by atoms with E-state index in [1.165, 1.54) is 30.5 Å². The first kappa shape index (κ1) is 21.3. The van der Waals surface area contributed by atoms with Crippen molar-refractivity contribution in [1.29, 1.82) is 5.26 Å². The Morgan fingerprint density at radius 3 is 2.62 bits per heavy atom. The van der Waals surface area contributed by atoms with E-state index in [1.54, 1.807) is 24.5 Å². The fraction of sp³-hybridized carbons (Fsp3) is 0.111. The maximum atomic E-state index is 13.4. The van der Waals surface area contributed by atoms with Crippen LogP contribution in [-0.2, 0) is 5.54 Å². The van der Waals surface area contributed by atoms with Crippen molar-refractivity contribution < 1.29 is 13.9 Å². The van der Waals surface area contributed by atoms with Crippen LogP contribution in [0.1, 0.15) is 33.6 Å². The number of halogens is 1. The number of nitrogens with one attached hydrogen (secondary N) is 1. The number of aromatic nitrogens is 2. The molecule has 1 amide bonds. The number of amides is 1. The number of rotatable bonds is 4. The number of hydrogen-bond donors (Lipinski definition) is 1. The highest BCUT2D eigenvalue weighted by Gasteiger charge is 2.42. The van der Waals surface area contributed by atoms with Gasteiger partial charge in [-0.15, -0.1) is 0 Å². The first-order chi connectivity index (χ1) is 16.6. The summed E-state index contributed by atoms with van der Waals surface area (Å²) in [6.07, 6.45) is 5.35. The Kier molecular flexibility index (Phi) is 5.48. The van der Waals surface area contributed by atoms with Crippen molar-refractivity contribution in [3.8, 4) is 22.9 Å². The smallest absolute Gasteiger partial charge is 0.252 e. The molecular formula is C27H19FN4O2. The second-order valence-electron chi connectivity index (χ2n) is 7.97. The molecule has 34 heavy (non-hydrogen) atoms. The fourth-order valence-corrected chi connectivity index (χ4v) is 4.21. The van der Waals surface area contributed by atoms with Crippen molar-refractivity contribution in [3.05, 3.63) is 114 Å². The Morgan fingerprint density at radius 2 is 1.85 bits per heavy atom. The second-order valence-corrected chi connectivity index (χ2v) is 7.97. The standard InChI is InChI=1S/C27H19FN4O2/c28-23-9-5-20(6-10-23)26(33)32-27(11-13-34-24-2-1-12-31-25(24)27)22-7-3-19(4-8-22)21-14-18(15-29)16-30-17-21/h1-10,12,14,16-17H,11,13H2,(H,32,33)/t27-/m0/s1. The van der Waals surface area contributed by atoms with Gasteiger partial charge >= 0.3 is 0 Å². The Morgan fingerprint density at radius 1 is 1.06 bits per heavy atom. The summed E-state index contributed by atoms with van der Waals surface area (Å²) in [6, 6.07) is 20.6. The summed E-state index contributed by atoms with van der Waals surface area (Å²) in [5, 5.41) is 12.3. The van der Waals surface area contributed by atoms with E-state index in [4.69, 9.17) is 4.74 Å². The van der Waals surface area contributed by atoms with E-state index in [0.29, 0.717) is 35.6 Å². The van der Waals surface area contributed by atoms with Crippen molar-refractivity contribution in [2.75, 3.05) is 6.61 Å². The Hall–Kier alpha value is -4.57. The monoisotopic (exact) mass is 450 g/mol. The number of pyridine rings is 2. The zero-order valence-corrected chi connectivity index (χ0v) is 18.0. The summed E-state index contributed by atoms with van der Waals surface area (Å²) in [6.45, 7) is 0.387. The molecule has 4 aromatic rings. The topological polar surface area (TPSA) is 87.9 Å². The van der Waals surface area contributed by atoms with Gasteiger partial charge in [-0.1, -0.05) is 24.3 Å². The Labute approximate surface area is 195 Å². The average Bonchev–Trinajstić information content (AvgIpc) is 2.89. The minimum atomic E-state index is -0.939. The fourth-order valence-electron chi connectivity index (χ4n) is 4.21. The number of fused-ring (bicyclic) bond motifs is 1. The molecule has 1 N–H and O–H groups in total. The van der Waals surface area contributed by atoms with Gasteiger partial charge in [0, 0.05) is 36.1 Å². The maximum Gasteiger partial charge on any atom is 0.252 e. The molecule has 0 radical (unpaired) electrons. The minimum absolute atomic E-state index is 0.339. The molecule has 1 atom stereocenters. The van der Waals surface area contributed by atoms with Gasteiger partial charge in [0.1, 0.15) is 28.9 Å². The van der Waals surface area contributed by atoms with E-state index in [-0.39, 0.29) is 5.91 Å². The van der Waals surface area contributed by atoms with E-state index in [0.717, 1.165) is 16.7 Å². The van der Waals surface area contributed by atoms with Gasteiger partial charge in [0.05, 0.1) is 12.2 Å². The molecule has 3 heterocycles. The molecule has 0 spiro atoms. The predicted molar refractivity (Wildman–Crippen MR) is 123 cm³/mol. The van der Waals surface area contributed by atoms with Crippen molar-refractivity contribution >= 4 is 5.91 Å². The molecule has 7 heteroatoms. The quantitative estimate of drug-likeness (QED) is 0.491. The average molecular weight is 450 g/mol. The minimum Gasteiger partial charge on any atom is -0.491 e. The number of hydrogen-bond acceptors (Lipinski definition) is 5. The van der Waals surface area contributed by atoms with Gasteiger partial charge in [-0.25, -0.2) is 4.39 Å². The van der Waals surface area contributed by atoms with Gasteiger partial charge in [-0.3, -0.25) is 14.8 Å². The molecule has 6 nitrogen and oxygen atoms in total. The van der Waals surface area contributed by atoms with Crippen molar-refractivity contribution in [2.24, 2.45) is 0 Å². The third-order valence-corrected chi connectivity index (χ3v) is 5.92. The summed E-state index contributed by atoms with van der Waals surface area (Å²) >= 11 is 0. The summed E-state index contributed by atoms with van der Waals surface area (Å²) < 4.78 is 19.2. The highest BCUT2D eigenvalue weighted by molar-refractivity contribution is 5.95. The van der Waals surface area contributed by atoms with Crippen molar-refractivity contribution in [3.63, 3.8) is 0 Å². The predicted octanol–water partition coefficient (Wildman–Crippen LogP) is 4.61. The maximum absolute atomic E-state index is 13.4. The van der Waals surface area contributed by atoms with E-state index in [2.05, 4.69) is 21.4 Å². The molecule has 2 aromatic heterocycles. The molecule has 0 saturated heterocycles. The lowest BCUT2D eigenvalue weighted by atomic mass is 9.80. The molecule has 0 bridgehead atoms. The first-order valence-electron chi connectivity index (χ1n) is 10.7. The van der Waals surface area contributed by atoms with Crippen LogP contribution in [0.5, 0.6) is 5.75 Å². The first-order valence-corrected chi connectivity index (χ1v) is 10.7. The van der Waals surface area contributed by atoms with Gasteiger partial charge in [0.2, 0.25) is 0 Å². The van der Waals surface area contributed by atoms with E-state index in [9.17, 15) is 14.4 Å². The van der Waals surface area contributed by atoms with Crippen LogP contribution < -0.4 is 10.1 Å². The lowest BCUT2D eigenvalue weighted by Crippen LogP contribution is -2.50. The molecule has 5 rings (SSSR count). The summed E-state index contributed by atoms with van der Waals surface area (Å²) in [7, 11) is 0. The lowest BCUT2D eigenvalue weighted by Gasteiger charge is -2.39. The number of carbonyl (C=O) groups excluding carboxylic acids is 1. The van der Waals surface area contributed by atoms with E-state index < -0.39 is 11.4 Å². The molecule has 2 aromatic carbocycles. The highest BCUT2D eigenvalue weighted by atomic mass is 19.1. The highest BCUT2D eigenvalue weighted by Crippen LogP contribution is 2.41. The molecule has 166 valence electrons. The van der Waals surface area contributed by atoms with Gasteiger partial charge < -0.3 is 10.1 Å². The van der Waals surface area contributed by atoms with Crippen LogP contribution >= 0.6 is 0 Å². The van der Waals surface area contributed by atoms with Crippen LogP contribution in [0, 0.1) is 17.1 Å². The second kappa shape index (κ2) is 8.75. The van der Waals surface area contributed by atoms with Gasteiger partial charge in [0.25, 0.3) is 5.91 Å². The number of benzene rings is 2. The summed E-state index contributed by atoms with van der Waals surface area (Å²) in [5.41, 5.74) is 3.04. The number of carbonyl (C=O) groups is 1. The zero-order valence-electron chi connectivity index (χ0n) is 18.0. The van der Waals surface area contributed by atoms with Crippen LogP contribution in [0.25, 0.3) is 11.1 Å². The van der Waals surface area contributed by atoms with Crippen LogP contribution in [0.3, 0.4) is 0 Å².